The number of hydrogen-bond acceptors (Lipinski definition) is 5. The Morgan fingerprint density at radius 2 is 2.11 bits per heavy atom. The Balaban J connectivity index is 2.03. The van der Waals surface area contributed by atoms with Crippen molar-refractivity contribution in [1.29, 1.82) is 0 Å². The maximum absolute atomic E-state index is 13.9. The number of nitrogens with one attached hydrogen (secondary N) is 1. The van der Waals surface area contributed by atoms with Crippen LogP contribution in [0, 0.1) is 5.82 Å². The van der Waals surface area contributed by atoms with E-state index in [1.54, 1.807) is 25.4 Å². The fraction of sp³-hybridized carbons (Fsp3) is 0.450. The van der Waals surface area contributed by atoms with E-state index in [9.17, 15) is 14.0 Å². The Bertz CT molecular complexity index is 852. The third kappa shape index (κ3) is 4.16. The highest BCUT2D eigenvalue weighted by Crippen LogP contribution is 2.35. The molecule has 8 heteroatoms. The summed E-state index contributed by atoms with van der Waals surface area (Å²) < 4.78 is 25.6. The first kappa shape index (κ1) is 19.9. The lowest BCUT2D eigenvalue weighted by molar-refractivity contribution is 0.0595. The first-order valence-corrected chi connectivity index (χ1v) is 9.39. The van der Waals surface area contributed by atoms with Crippen molar-refractivity contribution < 1.29 is 23.5 Å². The standard InChI is InChI=1S/C20H24FN3O4/c1-3-28-20(26)23-15-9-4-5-10-16(15)24-12-22-17(19(25)27-2)18(24)13-7-6-8-14(21)11-13/h6-8,11-12,15-16H,3-5,9-10H2,1-2H3,(H,23,26)/t15-,16-/m0/s1. The van der Waals surface area contributed by atoms with E-state index in [4.69, 9.17) is 9.47 Å². The van der Waals surface area contributed by atoms with Crippen molar-refractivity contribution in [1.82, 2.24) is 14.9 Å². The molecule has 0 aliphatic heterocycles. The monoisotopic (exact) mass is 389 g/mol. The van der Waals surface area contributed by atoms with Crippen LogP contribution in [-0.2, 0) is 9.47 Å². The molecule has 1 aromatic heterocycles. The molecule has 2 aromatic rings. The smallest absolute Gasteiger partial charge is 0.407 e. The summed E-state index contributed by atoms with van der Waals surface area (Å²) in [5, 5.41) is 2.91. The molecule has 28 heavy (non-hydrogen) atoms. The normalized spacial score (nSPS) is 19.1. The number of nitrogens with zero attached hydrogens (tertiary/aromatic N) is 2. The van der Waals surface area contributed by atoms with E-state index in [2.05, 4.69) is 10.3 Å². The minimum Gasteiger partial charge on any atom is -0.464 e. The Labute approximate surface area is 162 Å². The number of methoxy groups -OCH3 is 1. The number of ether oxygens (including phenoxy) is 2. The van der Waals surface area contributed by atoms with Gasteiger partial charge in [-0.05, 0) is 31.9 Å². The first-order valence-electron chi connectivity index (χ1n) is 9.39. The van der Waals surface area contributed by atoms with E-state index >= 15 is 0 Å². The SMILES string of the molecule is CCOC(=O)N[C@H]1CCCC[C@@H]1n1cnc(C(=O)OC)c1-c1cccc(F)c1. The molecule has 1 aliphatic carbocycles. The lowest BCUT2D eigenvalue weighted by Gasteiger charge is -2.33. The quantitative estimate of drug-likeness (QED) is 0.789. The number of halogens is 1. The van der Waals surface area contributed by atoms with Crippen LogP contribution in [0.2, 0.25) is 0 Å². The number of benzene rings is 1. The topological polar surface area (TPSA) is 82.5 Å². The Morgan fingerprint density at radius 3 is 2.82 bits per heavy atom. The van der Waals surface area contributed by atoms with Gasteiger partial charge in [0.05, 0.1) is 37.8 Å². The average molecular weight is 389 g/mol. The number of imidazole rings is 1. The first-order chi connectivity index (χ1) is 13.5. The van der Waals surface area contributed by atoms with Crippen LogP contribution in [0.5, 0.6) is 0 Å². The number of hydrogen-bond donors (Lipinski definition) is 1. The summed E-state index contributed by atoms with van der Waals surface area (Å²) in [6.07, 6.45) is 4.60. The summed E-state index contributed by atoms with van der Waals surface area (Å²) in [5.74, 6) is -1.00. The van der Waals surface area contributed by atoms with Crippen LogP contribution in [0.15, 0.2) is 30.6 Å². The molecule has 150 valence electrons. The molecule has 2 atom stereocenters. The third-order valence-corrected chi connectivity index (χ3v) is 4.94. The minimum atomic E-state index is -0.594. The lowest BCUT2D eigenvalue weighted by Crippen LogP contribution is -2.43. The summed E-state index contributed by atoms with van der Waals surface area (Å²) in [4.78, 5) is 28.5. The van der Waals surface area contributed by atoms with E-state index in [1.165, 1.54) is 19.2 Å². The molecule has 1 saturated carbocycles. The van der Waals surface area contributed by atoms with Gasteiger partial charge in [-0.1, -0.05) is 25.0 Å². The zero-order valence-corrected chi connectivity index (χ0v) is 16.0. The molecule has 0 bridgehead atoms. The van der Waals surface area contributed by atoms with Gasteiger partial charge in [0.2, 0.25) is 0 Å². The molecule has 0 saturated heterocycles. The summed E-state index contributed by atoms with van der Waals surface area (Å²) in [7, 11) is 1.28. The van der Waals surface area contributed by atoms with Gasteiger partial charge in [-0.3, -0.25) is 0 Å². The fourth-order valence-corrected chi connectivity index (χ4v) is 3.72. The van der Waals surface area contributed by atoms with Crippen molar-refractivity contribution in [2.24, 2.45) is 0 Å². The lowest BCUT2D eigenvalue weighted by atomic mass is 9.89. The van der Waals surface area contributed by atoms with Gasteiger partial charge >= 0.3 is 12.1 Å². The summed E-state index contributed by atoms with van der Waals surface area (Å²) >= 11 is 0. The van der Waals surface area contributed by atoms with Crippen molar-refractivity contribution in [2.75, 3.05) is 13.7 Å². The maximum Gasteiger partial charge on any atom is 0.407 e. The van der Waals surface area contributed by atoms with Gasteiger partial charge in [-0.2, -0.15) is 0 Å². The number of alkyl carbamates (subject to hydrolysis) is 1. The average Bonchev–Trinajstić information content (AvgIpc) is 3.13. The van der Waals surface area contributed by atoms with Crippen molar-refractivity contribution in [3.63, 3.8) is 0 Å². The van der Waals surface area contributed by atoms with Gasteiger partial charge in [-0.15, -0.1) is 0 Å². The Hall–Kier alpha value is -2.90. The second-order valence-electron chi connectivity index (χ2n) is 6.67. The minimum absolute atomic E-state index is 0.119. The summed E-state index contributed by atoms with van der Waals surface area (Å²) in [6, 6.07) is 5.68. The Kier molecular flexibility index (Phi) is 6.28. The van der Waals surface area contributed by atoms with Crippen LogP contribution in [-0.4, -0.2) is 41.4 Å². The molecule has 0 unspecified atom stereocenters. The molecular weight excluding hydrogens is 365 g/mol. The van der Waals surface area contributed by atoms with Crippen LogP contribution in [0.1, 0.15) is 49.1 Å². The van der Waals surface area contributed by atoms with Crippen molar-refractivity contribution in [2.45, 2.75) is 44.7 Å². The molecule has 3 rings (SSSR count). The Morgan fingerprint density at radius 1 is 1.32 bits per heavy atom. The van der Waals surface area contributed by atoms with Crippen LogP contribution >= 0.6 is 0 Å². The van der Waals surface area contributed by atoms with Gasteiger partial charge in [0.1, 0.15) is 5.82 Å². The van der Waals surface area contributed by atoms with Crippen LogP contribution < -0.4 is 5.32 Å². The van der Waals surface area contributed by atoms with E-state index in [0.717, 1.165) is 25.7 Å². The highest BCUT2D eigenvalue weighted by Gasteiger charge is 2.32. The number of carbonyl (C=O) groups is 2. The van der Waals surface area contributed by atoms with Crippen LogP contribution in [0.25, 0.3) is 11.3 Å². The number of esters is 1. The fourth-order valence-electron chi connectivity index (χ4n) is 3.72. The second-order valence-corrected chi connectivity index (χ2v) is 6.67. The highest BCUT2D eigenvalue weighted by molar-refractivity contribution is 5.94. The van der Waals surface area contributed by atoms with Crippen molar-refractivity contribution in [3.8, 4) is 11.3 Å². The largest absolute Gasteiger partial charge is 0.464 e. The molecule has 0 radical (unpaired) electrons. The predicted octanol–water partition coefficient (Wildman–Crippen LogP) is 3.71. The maximum atomic E-state index is 13.9. The van der Waals surface area contributed by atoms with Crippen LogP contribution in [0.3, 0.4) is 0 Å². The summed E-state index contributed by atoms with van der Waals surface area (Å²) in [5.41, 5.74) is 1.13. The molecule has 1 aliphatic rings. The van der Waals surface area contributed by atoms with E-state index in [0.29, 0.717) is 11.3 Å². The highest BCUT2D eigenvalue weighted by atomic mass is 19.1. The molecular formula is C20H24FN3O4. The predicted molar refractivity (Wildman–Crippen MR) is 100 cm³/mol. The molecule has 0 spiro atoms. The van der Waals surface area contributed by atoms with Gasteiger partial charge < -0.3 is 19.4 Å². The van der Waals surface area contributed by atoms with Gasteiger partial charge in [0.25, 0.3) is 0 Å². The molecule has 1 aromatic carbocycles. The van der Waals surface area contributed by atoms with Gasteiger partial charge in [0.15, 0.2) is 5.69 Å². The molecule has 1 fully saturated rings. The molecule has 1 amide bonds. The van der Waals surface area contributed by atoms with Crippen molar-refractivity contribution >= 4 is 12.1 Å². The number of amides is 1. The van der Waals surface area contributed by atoms with Crippen molar-refractivity contribution in [3.05, 3.63) is 42.1 Å². The zero-order valence-electron chi connectivity index (χ0n) is 16.0. The van der Waals surface area contributed by atoms with E-state index < -0.39 is 17.9 Å². The molecule has 1 heterocycles. The van der Waals surface area contributed by atoms with E-state index in [1.807, 2.05) is 4.57 Å². The second kappa shape index (κ2) is 8.86. The van der Waals surface area contributed by atoms with Crippen LogP contribution in [0.4, 0.5) is 9.18 Å². The van der Waals surface area contributed by atoms with Gasteiger partial charge in [0, 0.05) is 5.56 Å². The third-order valence-electron chi connectivity index (χ3n) is 4.94. The van der Waals surface area contributed by atoms with Gasteiger partial charge in [-0.25, -0.2) is 19.0 Å². The van der Waals surface area contributed by atoms with E-state index in [-0.39, 0.29) is 24.4 Å². The number of carbonyl (C=O) groups excluding carboxylic acids is 2. The number of rotatable bonds is 5. The number of aromatic nitrogens is 2. The summed E-state index contributed by atoms with van der Waals surface area (Å²) in [6.45, 7) is 2.04. The zero-order chi connectivity index (χ0) is 20.1. The molecule has 7 nitrogen and oxygen atoms in total. The molecule has 1 N–H and O–H groups in total.